The van der Waals surface area contributed by atoms with Gasteiger partial charge in [0, 0.05) is 24.9 Å². The number of hydrogen-bond donors (Lipinski definition) is 0. The van der Waals surface area contributed by atoms with Crippen LogP contribution in [0.5, 0.6) is 0 Å². The third-order valence-electron chi connectivity index (χ3n) is 5.22. The topological polar surface area (TPSA) is 17.8 Å². The largest absolute Gasteiger partial charge is 0.332 e. The molecular weight excluding hydrogens is 316 g/mol. The van der Waals surface area contributed by atoms with E-state index in [1.165, 1.54) is 95.7 Å². The molecule has 0 N–H and O–H groups in total. The van der Waals surface area contributed by atoms with E-state index in [-0.39, 0.29) is 0 Å². The van der Waals surface area contributed by atoms with Crippen LogP contribution in [0.15, 0.2) is 24.5 Å². The smallest absolute Gasteiger partial charge is 0.108 e. The second kappa shape index (κ2) is 16.1. The highest BCUT2D eigenvalue weighted by Gasteiger charge is 2.04. The van der Waals surface area contributed by atoms with E-state index in [1.54, 1.807) is 0 Å². The molecule has 0 atom stereocenters. The lowest BCUT2D eigenvalue weighted by Crippen LogP contribution is -2.05. The molecule has 0 aliphatic heterocycles. The second-order valence-corrected chi connectivity index (χ2v) is 8.03. The lowest BCUT2D eigenvalue weighted by atomic mass is 10.1. The predicted octanol–water partition coefficient (Wildman–Crippen LogP) is 8.04. The standard InChI is InChI=1S/C24H44N2/c1-4-5-6-7-8-9-10-11-12-13-14-15-16-17-18-19-20-24-25-21-22-26(24)23(2)3/h11-12,21-23H,4-10,13-20H2,1-3H3. The Morgan fingerprint density at radius 3 is 1.92 bits per heavy atom. The molecule has 0 unspecified atom stereocenters. The number of imidazole rings is 1. The quantitative estimate of drug-likeness (QED) is 0.203. The molecular formula is C24H44N2. The van der Waals surface area contributed by atoms with Crippen LogP contribution in [0.2, 0.25) is 0 Å². The first-order valence-electron chi connectivity index (χ1n) is 11.4. The number of rotatable bonds is 17. The predicted molar refractivity (Wildman–Crippen MR) is 116 cm³/mol. The minimum Gasteiger partial charge on any atom is -0.332 e. The van der Waals surface area contributed by atoms with Crippen LogP contribution in [0.25, 0.3) is 0 Å². The Morgan fingerprint density at radius 1 is 0.808 bits per heavy atom. The van der Waals surface area contributed by atoms with Crippen LogP contribution in [0.3, 0.4) is 0 Å². The van der Waals surface area contributed by atoms with Gasteiger partial charge in [-0.3, -0.25) is 0 Å². The maximum absolute atomic E-state index is 4.50. The highest BCUT2D eigenvalue weighted by molar-refractivity contribution is 4.94. The Bertz CT molecular complexity index is 445. The van der Waals surface area contributed by atoms with Crippen molar-refractivity contribution in [3.63, 3.8) is 0 Å². The van der Waals surface area contributed by atoms with Crippen LogP contribution in [0, 0.1) is 0 Å². The van der Waals surface area contributed by atoms with Crippen molar-refractivity contribution in [3.8, 4) is 0 Å². The summed E-state index contributed by atoms with van der Waals surface area (Å²) in [5.74, 6) is 1.26. The van der Waals surface area contributed by atoms with Crippen LogP contribution in [0.1, 0.15) is 123 Å². The third kappa shape index (κ3) is 11.5. The van der Waals surface area contributed by atoms with E-state index in [0.29, 0.717) is 6.04 Å². The number of aromatic nitrogens is 2. The fourth-order valence-electron chi connectivity index (χ4n) is 3.54. The van der Waals surface area contributed by atoms with E-state index >= 15 is 0 Å². The molecule has 1 rings (SSSR count). The van der Waals surface area contributed by atoms with Crippen molar-refractivity contribution in [3.05, 3.63) is 30.4 Å². The highest BCUT2D eigenvalue weighted by atomic mass is 15.1. The van der Waals surface area contributed by atoms with Gasteiger partial charge in [-0.2, -0.15) is 0 Å². The molecule has 1 aromatic heterocycles. The molecule has 0 radical (unpaired) electrons. The maximum Gasteiger partial charge on any atom is 0.108 e. The summed E-state index contributed by atoms with van der Waals surface area (Å²) >= 11 is 0. The summed E-state index contributed by atoms with van der Waals surface area (Å²) in [6.07, 6.45) is 29.2. The number of allylic oxidation sites excluding steroid dienone is 2. The third-order valence-corrected chi connectivity index (χ3v) is 5.22. The van der Waals surface area contributed by atoms with Gasteiger partial charge in [0.25, 0.3) is 0 Å². The normalized spacial score (nSPS) is 11.8. The highest BCUT2D eigenvalue weighted by Crippen LogP contribution is 2.13. The molecule has 1 aromatic rings. The monoisotopic (exact) mass is 360 g/mol. The molecule has 0 amide bonds. The summed E-state index contributed by atoms with van der Waals surface area (Å²) < 4.78 is 2.30. The van der Waals surface area contributed by atoms with Gasteiger partial charge >= 0.3 is 0 Å². The summed E-state index contributed by atoms with van der Waals surface area (Å²) in [6, 6.07) is 0.529. The van der Waals surface area contributed by atoms with Gasteiger partial charge in [0.15, 0.2) is 0 Å². The van der Waals surface area contributed by atoms with E-state index in [9.17, 15) is 0 Å². The first kappa shape index (κ1) is 23.0. The average Bonchev–Trinajstić information content (AvgIpc) is 3.10. The zero-order valence-electron chi connectivity index (χ0n) is 17.9. The summed E-state index contributed by atoms with van der Waals surface area (Å²) in [4.78, 5) is 4.50. The molecule has 26 heavy (non-hydrogen) atoms. The summed E-state index contributed by atoms with van der Waals surface area (Å²) in [5.41, 5.74) is 0. The number of hydrogen-bond acceptors (Lipinski definition) is 1. The van der Waals surface area contributed by atoms with Crippen LogP contribution in [-0.4, -0.2) is 9.55 Å². The Labute approximate surface area is 163 Å². The molecule has 0 aliphatic carbocycles. The van der Waals surface area contributed by atoms with E-state index in [0.717, 1.165) is 6.42 Å². The van der Waals surface area contributed by atoms with Crippen molar-refractivity contribution < 1.29 is 0 Å². The lowest BCUT2D eigenvalue weighted by molar-refractivity contribution is 0.543. The van der Waals surface area contributed by atoms with Crippen LogP contribution in [-0.2, 0) is 6.42 Å². The SMILES string of the molecule is CCCCCCCCC=CCCCCCCCCc1nccn1C(C)C. The fraction of sp³-hybridized carbons (Fsp3) is 0.792. The van der Waals surface area contributed by atoms with Crippen LogP contribution < -0.4 is 0 Å². The number of aryl methyl sites for hydroxylation is 1. The molecule has 0 bridgehead atoms. The lowest BCUT2D eigenvalue weighted by Gasteiger charge is -2.11. The van der Waals surface area contributed by atoms with Crippen molar-refractivity contribution in [1.29, 1.82) is 0 Å². The molecule has 0 spiro atoms. The van der Waals surface area contributed by atoms with Crippen LogP contribution in [0.4, 0.5) is 0 Å². The van der Waals surface area contributed by atoms with E-state index in [4.69, 9.17) is 0 Å². The molecule has 0 aliphatic rings. The van der Waals surface area contributed by atoms with E-state index < -0.39 is 0 Å². The van der Waals surface area contributed by atoms with Crippen molar-refractivity contribution in [2.45, 2.75) is 123 Å². The minimum absolute atomic E-state index is 0.529. The summed E-state index contributed by atoms with van der Waals surface area (Å²) in [7, 11) is 0. The zero-order valence-corrected chi connectivity index (χ0v) is 17.9. The fourth-order valence-corrected chi connectivity index (χ4v) is 3.54. The molecule has 0 saturated carbocycles. The van der Waals surface area contributed by atoms with Crippen LogP contribution >= 0.6 is 0 Å². The van der Waals surface area contributed by atoms with Gasteiger partial charge in [0.05, 0.1) is 0 Å². The Morgan fingerprint density at radius 2 is 1.35 bits per heavy atom. The molecule has 0 fully saturated rings. The molecule has 0 aromatic carbocycles. The summed E-state index contributed by atoms with van der Waals surface area (Å²) in [5, 5.41) is 0. The number of nitrogens with zero attached hydrogens (tertiary/aromatic N) is 2. The molecule has 0 saturated heterocycles. The summed E-state index contributed by atoms with van der Waals surface area (Å²) in [6.45, 7) is 6.74. The van der Waals surface area contributed by atoms with E-state index in [2.05, 4.69) is 48.7 Å². The minimum atomic E-state index is 0.529. The average molecular weight is 361 g/mol. The first-order chi connectivity index (χ1) is 12.8. The Kier molecular flexibility index (Phi) is 14.3. The molecule has 150 valence electrons. The van der Waals surface area contributed by atoms with Gasteiger partial charge in [0.2, 0.25) is 0 Å². The van der Waals surface area contributed by atoms with E-state index in [1.807, 2.05) is 6.20 Å². The van der Waals surface area contributed by atoms with Gasteiger partial charge in [-0.05, 0) is 46.0 Å². The van der Waals surface area contributed by atoms with Gasteiger partial charge in [-0.25, -0.2) is 4.98 Å². The molecule has 2 heteroatoms. The van der Waals surface area contributed by atoms with Gasteiger partial charge in [-0.15, -0.1) is 0 Å². The van der Waals surface area contributed by atoms with Gasteiger partial charge in [-0.1, -0.05) is 76.9 Å². The van der Waals surface area contributed by atoms with Gasteiger partial charge in [0.1, 0.15) is 5.82 Å². The van der Waals surface area contributed by atoms with Crippen molar-refractivity contribution >= 4 is 0 Å². The molecule has 2 nitrogen and oxygen atoms in total. The van der Waals surface area contributed by atoms with Crippen molar-refractivity contribution in [2.24, 2.45) is 0 Å². The van der Waals surface area contributed by atoms with Crippen molar-refractivity contribution in [2.75, 3.05) is 0 Å². The van der Waals surface area contributed by atoms with Gasteiger partial charge < -0.3 is 4.57 Å². The number of unbranched alkanes of at least 4 members (excludes halogenated alkanes) is 12. The first-order valence-corrected chi connectivity index (χ1v) is 11.4. The maximum atomic E-state index is 4.50. The second-order valence-electron chi connectivity index (χ2n) is 8.03. The molecule has 1 heterocycles. The van der Waals surface area contributed by atoms with Crippen molar-refractivity contribution in [1.82, 2.24) is 9.55 Å². The zero-order chi connectivity index (χ0) is 18.9. The Balaban J connectivity index is 1.85. The Hall–Kier alpha value is -1.05.